The molecule has 1 heterocycles. The van der Waals surface area contributed by atoms with Crippen LogP contribution in [0.2, 0.25) is 0 Å². The van der Waals surface area contributed by atoms with E-state index in [9.17, 15) is 8.42 Å². The SMILES string of the molecule is CCCCN1C=CN(C)C1.Cc1ccc(S(=O)(=O)O)cc1. The second-order valence-electron chi connectivity index (χ2n) is 5.15. The number of nitrogens with zero attached hydrogens (tertiary/aromatic N) is 2. The van der Waals surface area contributed by atoms with E-state index in [4.69, 9.17) is 4.55 Å². The van der Waals surface area contributed by atoms with Gasteiger partial charge in [0, 0.05) is 26.0 Å². The second-order valence-corrected chi connectivity index (χ2v) is 6.57. The van der Waals surface area contributed by atoms with Crippen LogP contribution in [0.5, 0.6) is 0 Å². The number of hydrogen-bond acceptors (Lipinski definition) is 4. The molecule has 0 saturated carbocycles. The van der Waals surface area contributed by atoms with Crippen LogP contribution in [-0.2, 0) is 10.1 Å². The van der Waals surface area contributed by atoms with Gasteiger partial charge < -0.3 is 9.80 Å². The summed E-state index contributed by atoms with van der Waals surface area (Å²) in [5.74, 6) is 0. The summed E-state index contributed by atoms with van der Waals surface area (Å²) in [6.45, 7) is 6.34. The van der Waals surface area contributed by atoms with Crippen molar-refractivity contribution in [1.82, 2.24) is 9.80 Å². The minimum Gasteiger partial charge on any atom is -0.362 e. The van der Waals surface area contributed by atoms with E-state index < -0.39 is 10.1 Å². The third kappa shape index (κ3) is 6.64. The van der Waals surface area contributed by atoms with Crippen LogP contribution >= 0.6 is 0 Å². The van der Waals surface area contributed by atoms with Gasteiger partial charge in [0.25, 0.3) is 10.1 Å². The molecule has 2 rings (SSSR count). The zero-order chi connectivity index (χ0) is 15.9. The number of unbranched alkanes of at least 4 members (excludes halogenated alkanes) is 1. The highest BCUT2D eigenvalue weighted by Gasteiger charge is 2.07. The lowest BCUT2D eigenvalue weighted by Gasteiger charge is -2.17. The Morgan fingerprint density at radius 2 is 1.81 bits per heavy atom. The minimum atomic E-state index is -4.02. The summed E-state index contributed by atoms with van der Waals surface area (Å²) in [6, 6.07) is 5.99. The average molecular weight is 312 g/mol. The molecule has 5 nitrogen and oxygen atoms in total. The predicted molar refractivity (Wildman–Crippen MR) is 84.4 cm³/mol. The van der Waals surface area contributed by atoms with E-state index >= 15 is 0 Å². The highest BCUT2D eigenvalue weighted by atomic mass is 32.2. The smallest absolute Gasteiger partial charge is 0.294 e. The van der Waals surface area contributed by atoms with Crippen molar-refractivity contribution in [2.24, 2.45) is 0 Å². The van der Waals surface area contributed by atoms with Crippen molar-refractivity contribution in [2.45, 2.75) is 31.6 Å². The molecule has 0 saturated heterocycles. The maximum atomic E-state index is 10.5. The standard InChI is InChI=1S/C8H16N2.C7H8O3S/c1-3-4-5-10-7-6-9(2)8-10;1-6-2-4-7(5-3-6)11(8,9)10/h6-7H,3-5,8H2,1-2H3;2-5H,1H3,(H,8,9,10). The fraction of sp³-hybridized carbons (Fsp3) is 0.467. The molecule has 118 valence electrons. The van der Waals surface area contributed by atoms with E-state index in [0.29, 0.717) is 0 Å². The molecule has 0 spiro atoms. The Hall–Kier alpha value is -1.53. The molecular formula is C15H24N2O3S. The zero-order valence-corrected chi connectivity index (χ0v) is 13.7. The van der Waals surface area contributed by atoms with Gasteiger partial charge in [-0.05, 0) is 25.5 Å². The highest BCUT2D eigenvalue weighted by molar-refractivity contribution is 7.85. The first kappa shape index (κ1) is 17.5. The first-order valence-electron chi connectivity index (χ1n) is 6.99. The Labute approximate surface area is 127 Å². The number of aryl methyl sites for hydroxylation is 1. The summed E-state index contributed by atoms with van der Waals surface area (Å²) in [7, 11) is -1.92. The Kier molecular flexibility index (Phi) is 6.71. The van der Waals surface area contributed by atoms with Gasteiger partial charge >= 0.3 is 0 Å². The van der Waals surface area contributed by atoms with Crippen LogP contribution in [0.1, 0.15) is 25.3 Å². The monoisotopic (exact) mass is 312 g/mol. The van der Waals surface area contributed by atoms with E-state index in [2.05, 4.69) is 36.2 Å². The molecule has 0 aliphatic carbocycles. The summed E-state index contributed by atoms with van der Waals surface area (Å²) in [5.41, 5.74) is 0.956. The Bertz CT molecular complexity index is 553. The van der Waals surface area contributed by atoms with Crippen molar-refractivity contribution in [3.05, 3.63) is 42.2 Å². The molecule has 1 aliphatic heterocycles. The van der Waals surface area contributed by atoms with Gasteiger partial charge in [-0.1, -0.05) is 31.0 Å². The van der Waals surface area contributed by atoms with Crippen molar-refractivity contribution in [2.75, 3.05) is 20.3 Å². The van der Waals surface area contributed by atoms with Crippen molar-refractivity contribution < 1.29 is 13.0 Å². The van der Waals surface area contributed by atoms with Crippen LogP contribution in [0.15, 0.2) is 41.6 Å². The molecule has 0 radical (unpaired) electrons. The van der Waals surface area contributed by atoms with Crippen molar-refractivity contribution in [1.29, 1.82) is 0 Å². The maximum Gasteiger partial charge on any atom is 0.294 e. The van der Waals surface area contributed by atoms with Gasteiger partial charge in [0.1, 0.15) is 0 Å². The van der Waals surface area contributed by atoms with E-state index in [1.807, 2.05) is 6.92 Å². The van der Waals surface area contributed by atoms with E-state index in [1.54, 1.807) is 12.1 Å². The molecular weight excluding hydrogens is 288 g/mol. The lowest BCUT2D eigenvalue weighted by molar-refractivity contribution is 0.293. The van der Waals surface area contributed by atoms with Crippen LogP contribution < -0.4 is 0 Å². The molecule has 0 unspecified atom stereocenters. The fourth-order valence-corrected chi connectivity index (χ4v) is 2.29. The lowest BCUT2D eigenvalue weighted by Crippen LogP contribution is -2.23. The first-order chi connectivity index (χ1) is 9.82. The van der Waals surface area contributed by atoms with E-state index in [-0.39, 0.29) is 4.90 Å². The lowest BCUT2D eigenvalue weighted by atomic mass is 10.2. The number of benzene rings is 1. The molecule has 6 heteroatoms. The molecule has 1 N–H and O–H groups in total. The van der Waals surface area contributed by atoms with Crippen molar-refractivity contribution in [3.63, 3.8) is 0 Å². The van der Waals surface area contributed by atoms with Gasteiger partial charge in [-0.25, -0.2) is 0 Å². The molecule has 21 heavy (non-hydrogen) atoms. The second kappa shape index (κ2) is 8.05. The van der Waals surface area contributed by atoms with Gasteiger partial charge in [0.05, 0.1) is 11.6 Å². The maximum absolute atomic E-state index is 10.5. The molecule has 1 aliphatic rings. The van der Waals surface area contributed by atoms with Gasteiger partial charge in [-0.15, -0.1) is 0 Å². The molecule has 1 aromatic rings. The predicted octanol–water partition coefficient (Wildman–Crippen LogP) is 2.70. The summed E-state index contributed by atoms with van der Waals surface area (Å²) in [4.78, 5) is 4.46. The topological polar surface area (TPSA) is 60.9 Å². The summed E-state index contributed by atoms with van der Waals surface area (Å²) in [6.07, 6.45) is 6.87. The Balaban J connectivity index is 0.000000211. The van der Waals surface area contributed by atoms with Crippen LogP contribution in [0.4, 0.5) is 0 Å². The van der Waals surface area contributed by atoms with Crippen LogP contribution in [0.25, 0.3) is 0 Å². The molecule has 1 aromatic carbocycles. The quantitative estimate of drug-likeness (QED) is 0.866. The third-order valence-electron chi connectivity index (χ3n) is 3.05. The van der Waals surface area contributed by atoms with Crippen LogP contribution in [0, 0.1) is 6.92 Å². The van der Waals surface area contributed by atoms with E-state index in [0.717, 1.165) is 12.2 Å². The largest absolute Gasteiger partial charge is 0.362 e. The van der Waals surface area contributed by atoms with Crippen LogP contribution in [0.3, 0.4) is 0 Å². The zero-order valence-electron chi connectivity index (χ0n) is 12.9. The number of rotatable bonds is 4. The van der Waals surface area contributed by atoms with Gasteiger partial charge in [0.2, 0.25) is 0 Å². The number of hydrogen-bond donors (Lipinski definition) is 1. The van der Waals surface area contributed by atoms with Crippen molar-refractivity contribution in [3.8, 4) is 0 Å². The molecule has 0 atom stereocenters. The molecule has 0 amide bonds. The molecule has 0 fully saturated rings. The highest BCUT2D eigenvalue weighted by Crippen LogP contribution is 2.08. The summed E-state index contributed by atoms with van der Waals surface area (Å²) >= 11 is 0. The van der Waals surface area contributed by atoms with Gasteiger partial charge in [-0.2, -0.15) is 8.42 Å². The third-order valence-corrected chi connectivity index (χ3v) is 3.92. The fourth-order valence-electron chi connectivity index (χ4n) is 1.81. The summed E-state index contributed by atoms with van der Waals surface area (Å²) < 4.78 is 29.6. The van der Waals surface area contributed by atoms with Gasteiger partial charge in [0.15, 0.2) is 0 Å². The average Bonchev–Trinajstić information content (AvgIpc) is 2.82. The molecule has 0 bridgehead atoms. The Morgan fingerprint density at radius 3 is 2.24 bits per heavy atom. The Morgan fingerprint density at radius 1 is 1.19 bits per heavy atom. The van der Waals surface area contributed by atoms with Crippen molar-refractivity contribution >= 4 is 10.1 Å². The minimum absolute atomic E-state index is 0.0666. The van der Waals surface area contributed by atoms with Crippen LogP contribution in [-0.4, -0.2) is 43.0 Å². The van der Waals surface area contributed by atoms with Gasteiger partial charge in [-0.3, -0.25) is 4.55 Å². The first-order valence-corrected chi connectivity index (χ1v) is 8.43. The summed E-state index contributed by atoms with van der Waals surface area (Å²) in [5, 5.41) is 0. The molecule has 0 aromatic heterocycles. The normalized spacial score (nSPS) is 14.1. The van der Waals surface area contributed by atoms with E-state index in [1.165, 1.54) is 31.5 Å².